The molecule has 2 aromatic rings. The first-order valence-electron chi connectivity index (χ1n) is 6.18. The lowest BCUT2D eigenvalue weighted by Gasteiger charge is -2.09. The summed E-state index contributed by atoms with van der Waals surface area (Å²) in [5.74, 6) is -1.96. The molecule has 1 heterocycles. The molecule has 0 fully saturated rings. The van der Waals surface area contributed by atoms with Crippen LogP contribution in [0.25, 0.3) is 0 Å². The van der Waals surface area contributed by atoms with Crippen LogP contribution in [0.15, 0.2) is 47.5 Å². The van der Waals surface area contributed by atoms with E-state index in [0.717, 1.165) is 36.5 Å². The summed E-state index contributed by atoms with van der Waals surface area (Å²) in [5, 5.41) is 8.70. The fraction of sp³-hybridized carbons (Fsp3) is 0.143. The Balaban J connectivity index is 2.29. The van der Waals surface area contributed by atoms with Crippen LogP contribution in [0, 0.1) is 0 Å². The predicted molar refractivity (Wildman–Crippen MR) is 73.5 cm³/mol. The number of carboxylic acid groups (broad SMARTS) is 1. The van der Waals surface area contributed by atoms with Gasteiger partial charge in [-0.2, -0.15) is 13.2 Å². The van der Waals surface area contributed by atoms with E-state index in [9.17, 15) is 26.4 Å². The summed E-state index contributed by atoms with van der Waals surface area (Å²) in [6, 6.07) is 6.07. The number of aromatic nitrogens is 1. The number of benzene rings is 1. The molecule has 0 aliphatic rings. The van der Waals surface area contributed by atoms with Gasteiger partial charge in [0.2, 0.25) is 0 Å². The second-order valence-corrected chi connectivity index (χ2v) is 6.63. The third-order valence-electron chi connectivity index (χ3n) is 2.93. The van der Waals surface area contributed by atoms with Gasteiger partial charge in [-0.1, -0.05) is 18.2 Å². The number of nitrogens with zero attached hydrogens (tertiary/aromatic N) is 1. The van der Waals surface area contributed by atoms with E-state index in [1.165, 1.54) is 6.07 Å². The minimum absolute atomic E-state index is 0.0258. The van der Waals surface area contributed by atoms with Gasteiger partial charge < -0.3 is 5.11 Å². The molecule has 1 aromatic heterocycles. The third-order valence-corrected chi connectivity index (χ3v) is 4.60. The average Bonchev–Trinajstić information content (AvgIpc) is 2.46. The van der Waals surface area contributed by atoms with Gasteiger partial charge in [0.1, 0.15) is 5.69 Å². The number of aromatic carboxylic acids is 1. The second kappa shape index (κ2) is 5.99. The smallest absolute Gasteiger partial charge is 0.416 e. The molecule has 23 heavy (non-hydrogen) atoms. The lowest BCUT2D eigenvalue weighted by atomic mass is 10.1. The Labute approximate surface area is 129 Å². The largest absolute Gasteiger partial charge is 0.477 e. The average molecular weight is 345 g/mol. The number of pyridine rings is 1. The van der Waals surface area contributed by atoms with Crippen molar-refractivity contribution in [3.05, 3.63) is 59.4 Å². The Kier molecular flexibility index (Phi) is 4.42. The van der Waals surface area contributed by atoms with Crippen LogP contribution in [-0.2, 0) is 21.8 Å². The van der Waals surface area contributed by atoms with Crippen LogP contribution in [0.1, 0.15) is 21.6 Å². The molecule has 5 nitrogen and oxygen atoms in total. The second-order valence-electron chi connectivity index (χ2n) is 4.64. The molecule has 0 spiro atoms. The number of carboxylic acids is 1. The minimum atomic E-state index is -4.57. The SMILES string of the molecule is O=C(O)c1ccc(S(=O)(=O)Cc2cccc(C(F)(F)F)c2)cn1. The van der Waals surface area contributed by atoms with Crippen LogP contribution >= 0.6 is 0 Å². The van der Waals surface area contributed by atoms with Crippen LogP contribution in [0.3, 0.4) is 0 Å². The number of carbonyl (C=O) groups is 1. The highest BCUT2D eigenvalue weighted by atomic mass is 32.2. The van der Waals surface area contributed by atoms with Crippen molar-refractivity contribution in [3.8, 4) is 0 Å². The molecule has 0 saturated heterocycles. The van der Waals surface area contributed by atoms with Gasteiger partial charge in [-0.15, -0.1) is 0 Å². The molecule has 0 bridgehead atoms. The van der Waals surface area contributed by atoms with Gasteiger partial charge in [0.25, 0.3) is 0 Å². The van der Waals surface area contributed by atoms with E-state index in [0.29, 0.717) is 0 Å². The predicted octanol–water partition coefficient (Wildman–Crippen LogP) is 2.77. The number of alkyl halides is 3. The Morgan fingerprint density at radius 1 is 1.17 bits per heavy atom. The van der Waals surface area contributed by atoms with Crippen molar-refractivity contribution in [1.82, 2.24) is 4.98 Å². The normalized spacial score (nSPS) is 12.1. The van der Waals surface area contributed by atoms with Crippen LogP contribution < -0.4 is 0 Å². The van der Waals surface area contributed by atoms with Crippen molar-refractivity contribution in [3.63, 3.8) is 0 Å². The van der Waals surface area contributed by atoms with Gasteiger partial charge in [0, 0.05) is 6.20 Å². The summed E-state index contributed by atoms with van der Waals surface area (Å²) < 4.78 is 62.2. The van der Waals surface area contributed by atoms with Crippen LogP contribution in [-0.4, -0.2) is 24.5 Å². The topological polar surface area (TPSA) is 84.3 Å². The lowest BCUT2D eigenvalue weighted by Crippen LogP contribution is -2.09. The molecular weight excluding hydrogens is 335 g/mol. The third kappa shape index (κ3) is 4.07. The van der Waals surface area contributed by atoms with Gasteiger partial charge in [-0.3, -0.25) is 0 Å². The standard InChI is InChI=1S/C14H10F3NO4S/c15-14(16,17)10-3-1-2-9(6-10)8-23(21,22)11-4-5-12(13(19)20)18-7-11/h1-7H,8H2,(H,19,20). The fourth-order valence-corrected chi connectivity index (χ4v) is 3.10. The maximum absolute atomic E-state index is 12.6. The highest BCUT2D eigenvalue weighted by molar-refractivity contribution is 7.90. The molecule has 2 rings (SSSR count). The van der Waals surface area contributed by atoms with Crippen molar-refractivity contribution in [2.24, 2.45) is 0 Å². The van der Waals surface area contributed by atoms with Gasteiger partial charge in [-0.05, 0) is 23.8 Å². The van der Waals surface area contributed by atoms with E-state index in [2.05, 4.69) is 4.98 Å². The Morgan fingerprint density at radius 3 is 2.39 bits per heavy atom. The molecule has 1 aromatic carbocycles. The van der Waals surface area contributed by atoms with E-state index in [4.69, 9.17) is 5.11 Å². The molecule has 0 radical (unpaired) electrons. The first-order valence-corrected chi connectivity index (χ1v) is 7.83. The molecule has 1 N–H and O–H groups in total. The van der Waals surface area contributed by atoms with Crippen LogP contribution in [0.5, 0.6) is 0 Å². The maximum Gasteiger partial charge on any atom is 0.416 e. The van der Waals surface area contributed by atoms with E-state index in [-0.39, 0.29) is 16.2 Å². The zero-order chi connectivity index (χ0) is 17.3. The molecule has 122 valence electrons. The summed E-state index contributed by atoms with van der Waals surface area (Å²) in [6.07, 6.45) is -3.70. The molecule has 0 atom stereocenters. The van der Waals surface area contributed by atoms with Crippen molar-refractivity contribution in [2.75, 3.05) is 0 Å². The highest BCUT2D eigenvalue weighted by Gasteiger charge is 2.30. The number of hydrogen-bond donors (Lipinski definition) is 1. The quantitative estimate of drug-likeness (QED) is 0.921. The zero-order valence-electron chi connectivity index (χ0n) is 11.4. The monoisotopic (exact) mass is 345 g/mol. The Hall–Kier alpha value is -2.42. The van der Waals surface area contributed by atoms with Crippen molar-refractivity contribution < 1.29 is 31.5 Å². The lowest BCUT2D eigenvalue weighted by molar-refractivity contribution is -0.137. The van der Waals surface area contributed by atoms with E-state index in [1.807, 2.05) is 0 Å². The van der Waals surface area contributed by atoms with Gasteiger partial charge in [0.15, 0.2) is 9.84 Å². The number of hydrogen-bond acceptors (Lipinski definition) is 4. The summed E-state index contributed by atoms with van der Waals surface area (Å²) in [4.78, 5) is 13.9. The Bertz CT molecular complexity index is 830. The highest BCUT2D eigenvalue weighted by Crippen LogP contribution is 2.30. The molecule has 9 heteroatoms. The number of halogens is 3. The van der Waals surface area contributed by atoms with Crippen molar-refractivity contribution in [2.45, 2.75) is 16.8 Å². The molecule has 0 amide bonds. The van der Waals surface area contributed by atoms with E-state index in [1.54, 1.807) is 0 Å². The fourth-order valence-electron chi connectivity index (χ4n) is 1.83. The molecule has 0 aliphatic carbocycles. The summed E-state index contributed by atoms with van der Waals surface area (Å²) in [7, 11) is -3.94. The number of rotatable bonds is 4. The maximum atomic E-state index is 12.6. The van der Waals surface area contributed by atoms with Crippen molar-refractivity contribution >= 4 is 15.8 Å². The van der Waals surface area contributed by atoms with Gasteiger partial charge in [0.05, 0.1) is 16.2 Å². The van der Waals surface area contributed by atoms with Crippen LogP contribution in [0.4, 0.5) is 13.2 Å². The van der Waals surface area contributed by atoms with E-state index < -0.39 is 33.3 Å². The van der Waals surface area contributed by atoms with Gasteiger partial charge in [-0.25, -0.2) is 18.2 Å². The van der Waals surface area contributed by atoms with Crippen molar-refractivity contribution in [1.29, 1.82) is 0 Å². The first kappa shape index (κ1) is 16.9. The summed E-state index contributed by atoms with van der Waals surface area (Å²) in [6.45, 7) is 0. The Morgan fingerprint density at radius 2 is 1.87 bits per heavy atom. The number of sulfone groups is 1. The summed E-state index contributed by atoms with van der Waals surface area (Å²) >= 11 is 0. The minimum Gasteiger partial charge on any atom is -0.477 e. The van der Waals surface area contributed by atoms with E-state index >= 15 is 0 Å². The molecule has 0 saturated carbocycles. The van der Waals surface area contributed by atoms with Gasteiger partial charge >= 0.3 is 12.1 Å². The zero-order valence-corrected chi connectivity index (χ0v) is 12.2. The van der Waals surface area contributed by atoms with Crippen LogP contribution in [0.2, 0.25) is 0 Å². The molecule has 0 aliphatic heterocycles. The molecular formula is C14H10F3NO4S. The summed E-state index contributed by atoms with van der Waals surface area (Å²) in [5.41, 5.74) is -1.30. The first-order chi connectivity index (χ1) is 10.6. The molecule has 0 unspecified atom stereocenters.